The average Bonchev–Trinajstić information content (AvgIpc) is 3.13. The maximum Gasteiger partial charge on any atom is 0.263 e. The molecule has 168 valence electrons. The Morgan fingerprint density at radius 2 is 1.79 bits per heavy atom. The standard InChI is InChI=1S/C27H27N3O2S/c1-16-7-6-8-19(12-16)25-29-26-24(21-9-4-5-10-22(21)33-26)27(32)30(25)15-23(31)28-20-13-17(2)11-18(3)14-20/h6-8,11-14H,4-5,9-10,15H2,1-3H3,(H,28,31). The number of aromatic nitrogens is 2. The molecule has 4 aromatic rings. The van der Waals surface area contributed by atoms with Crippen LogP contribution in [0.15, 0.2) is 47.3 Å². The van der Waals surface area contributed by atoms with Gasteiger partial charge in [0.1, 0.15) is 17.2 Å². The summed E-state index contributed by atoms with van der Waals surface area (Å²) in [6.45, 7) is 5.94. The fraction of sp³-hybridized carbons (Fsp3) is 0.296. The third kappa shape index (κ3) is 4.23. The molecule has 33 heavy (non-hydrogen) atoms. The van der Waals surface area contributed by atoms with Crippen LogP contribution >= 0.6 is 11.3 Å². The maximum atomic E-state index is 13.8. The number of hydrogen-bond donors (Lipinski definition) is 1. The molecule has 0 saturated carbocycles. The Labute approximate surface area is 197 Å². The van der Waals surface area contributed by atoms with Gasteiger partial charge in [-0.05, 0) is 81.3 Å². The summed E-state index contributed by atoms with van der Waals surface area (Å²) in [7, 11) is 0. The van der Waals surface area contributed by atoms with Crippen LogP contribution in [0, 0.1) is 20.8 Å². The van der Waals surface area contributed by atoms with Crippen LogP contribution in [-0.4, -0.2) is 15.5 Å². The summed E-state index contributed by atoms with van der Waals surface area (Å²) < 4.78 is 1.55. The van der Waals surface area contributed by atoms with Crippen molar-refractivity contribution in [1.82, 2.24) is 9.55 Å². The van der Waals surface area contributed by atoms with Gasteiger partial charge in [0.05, 0.1) is 5.39 Å². The smallest absolute Gasteiger partial charge is 0.263 e. The van der Waals surface area contributed by atoms with Gasteiger partial charge in [-0.25, -0.2) is 4.98 Å². The molecule has 0 fully saturated rings. The molecule has 2 aromatic heterocycles. The van der Waals surface area contributed by atoms with Crippen molar-refractivity contribution < 1.29 is 4.79 Å². The maximum absolute atomic E-state index is 13.8. The molecule has 1 aliphatic carbocycles. The Morgan fingerprint density at radius 1 is 1.03 bits per heavy atom. The van der Waals surface area contributed by atoms with Crippen molar-refractivity contribution in [3.05, 3.63) is 79.9 Å². The van der Waals surface area contributed by atoms with Gasteiger partial charge in [0, 0.05) is 16.1 Å². The van der Waals surface area contributed by atoms with E-state index < -0.39 is 0 Å². The monoisotopic (exact) mass is 457 g/mol. The zero-order valence-corrected chi connectivity index (χ0v) is 20.0. The molecular weight excluding hydrogens is 430 g/mol. The second kappa shape index (κ2) is 8.60. The SMILES string of the molecule is Cc1cc(C)cc(NC(=O)Cn2c(-c3cccc(C)c3)nc3sc4c(c3c2=O)CCCC4)c1. The van der Waals surface area contributed by atoms with Crippen LogP contribution in [0.3, 0.4) is 0 Å². The lowest BCUT2D eigenvalue weighted by atomic mass is 9.97. The number of fused-ring (bicyclic) bond motifs is 3. The topological polar surface area (TPSA) is 64.0 Å². The van der Waals surface area contributed by atoms with E-state index in [4.69, 9.17) is 4.98 Å². The van der Waals surface area contributed by atoms with Gasteiger partial charge in [0.2, 0.25) is 5.91 Å². The van der Waals surface area contributed by atoms with E-state index in [9.17, 15) is 9.59 Å². The van der Waals surface area contributed by atoms with Crippen LogP contribution in [0.25, 0.3) is 21.6 Å². The summed E-state index contributed by atoms with van der Waals surface area (Å²) in [5, 5.41) is 3.67. The number of amides is 1. The van der Waals surface area contributed by atoms with Crippen LogP contribution in [0.4, 0.5) is 5.69 Å². The van der Waals surface area contributed by atoms with Crippen molar-refractivity contribution in [2.45, 2.75) is 53.0 Å². The van der Waals surface area contributed by atoms with E-state index in [0.717, 1.165) is 64.0 Å². The molecule has 2 aromatic carbocycles. The van der Waals surface area contributed by atoms with Gasteiger partial charge in [-0.1, -0.05) is 29.8 Å². The molecule has 0 aliphatic heterocycles. The van der Waals surface area contributed by atoms with Crippen molar-refractivity contribution in [1.29, 1.82) is 0 Å². The zero-order chi connectivity index (χ0) is 23.1. The fourth-order valence-electron chi connectivity index (χ4n) is 4.78. The molecule has 0 radical (unpaired) electrons. The Morgan fingerprint density at radius 3 is 2.55 bits per heavy atom. The first-order chi connectivity index (χ1) is 15.9. The molecule has 1 amide bonds. The van der Waals surface area contributed by atoms with Crippen molar-refractivity contribution in [3.63, 3.8) is 0 Å². The van der Waals surface area contributed by atoms with Gasteiger partial charge in [-0.3, -0.25) is 14.2 Å². The van der Waals surface area contributed by atoms with Crippen molar-refractivity contribution in [2.24, 2.45) is 0 Å². The highest BCUT2D eigenvalue weighted by molar-refractivity contribution is 7.18. The molecular formula is C27H27N3O2S. The van der Waals surface area contributed by atoms with Crippen LogP contribution in [0.1, 0.15) is 40.0 Å². The van der Waals surface area contributed by atoms with E-state index in [0.29, 0.717) is 11.2 Å². The van der Waals surface area contributed by atoms with Crippen LogP contribution < -0.4 is 10.9 Å². The molecule has 0 unspecified atom stereocenters. The molecule has 6 heteroatoms. The lowest BCUT2D eigenvalue weighted by Crippen LogP contribution is -2.30. The molecule has 0 atom stereocenters. The third-order valence-electron chi connectivity index (χ3n) is 6.16. The number of thiophene rings is 1. The molecule has 1 aliphatic rings. The van der Waals surface area contributed by atoms with E-state index >= 15 is 0 Å². The van der Waals surface area contributed by atoms with Gasteiger partial charge in [0.25, 0.3) is 5.56 Å². The quantitative estimate of drug-likeness (QED) is 0.436. The number of carbonyl (C=O) groups excluding carboxylic acids is 1. The van der Waals surface area contributed by atoms with Crippen molar-refractivity contribution in [3.8, 4) is 11.4 Å². The summed E-state index contributed by atoms with van der Waals surface area (Å²) in [4.78, 5) is 33.9. The van der Waals surface area contributed by atoms with E-state index in [-0.39, 0.29) is 18.0 Å². The molecule has 5 nitrogen and oxygen atoms in total. The summed E-state index contributed by atoms with van der Waals surface area (Å²) in [6, 6.07) is 13.9. The molecule has 0 saturated heterocycles. The molecule has 5 rings (SSSR count). The number of aryl methyl sites for hydroxylation is 5. The first-order valence-corrected chi connectivity index (χ1v) is 12.2. The summed E-state index contributed by atoms with van der Waals surface area (Å²) in [6.07, 6.45) is 4.15. The largest absolute Gasteiger partial charge is 0.325 e. The number of carbonyl (C=O) groups is 1. The number of rotatable bonds is 4. The number of hydrogen-bond acceptors (Lipinski definition) is 4. The molecule has 0 spiro atoms. The minimum absolute atomic E-state index is 0.0807. The van der Waals surface area contributed by atoms with E-state index in [2.05, 4.69) is 11.4 Å². The first-order valence-electron chi connectivity index (χ1n) is 11.4. The fourth-order valence-corrected chi connectivity index (χ4v) is 6.03. The predicted molar refractivity (Wildman–Crippen MR) is 135 cm³/mol. The number of nitrogens with one attached hydrogen (secondary N) is 1. The predicted octanol–water partition coefficient (Wildman–Crippen LogP) is 5.57. The highest BCUT2D eigenvalue weighted by Crippen LogP contribution is 2.35. The Balaban J connectivity index is 1.62. The second-order valence-corrected chi connectivity index (χ2v) is 10.1. The summed E-state index contributed by atoms with van der Waals surface area (Å²) in [5.41, 5.74) is 5.85. The Bertz CT molecular complexity index is 1430. The van der Waals surface area contributed by atoms with Crippen LogP contribution in [0.5, 0.6) is 0 Å². The Hall–Kier alpha value is -3.25. The number of anilines is 1. The van der Waals surface area contributed by atoms with Crippen molar-refractivity contribution in [2.75, 3.05) is 5.32 Å². The number of nitrogens with zero attached hydrogens (tertiary/aromatic N) is 2. The molecule has 2 heterocycles. The van der Waals surface area contributed by atoms with Crippen LogP contribution in [0.2, 0.25) is 0 Å². The average molecular weight is 458 g/mol. The lowest BCUT2D eigenvalue weighted by molar-refractivity contribution is -0.116. The highest BCUT2D eigenvalue weighted by atomic mass is 32.1. The van der Waals surface area contributed by atoms with Gasteiger partial charge < -0.3 is 5.32 Å². The highest BCUT2D eigenvalue weighted by Gasteiger charge is 2.23. The molecule has 1 N–H and O–H groups in total. The first kappa shape index (κ1) is 21.6. The van der Waals surface area contributed by atoms with E-state index in [1.807, 2.05) is 57.2 Å². The minimum Gasteiger partial charge on any atom is -0.325 e. The minimum atomic E-state index is -0.235. The van der Waals surface area contributed by atoms with Gasteiger partial charge in [-0.2, -0.15) is 0 Å². The molecule has 0 bridgehead atoms. The normalized spacial score (nSPS) is 13.2. The second-order valence-electron chi connectivity index (χ2n) is 9.01. The van der Waals surface area contributed by atoms with E-state index in [1.54, 1.807) is 15.9 Å². The lowest BCUT2D eigenvalue weighted by Gasteiger charge is -2.15. The third-order valence-corrected chi connectivity index (χ3v) is 7.34. The summed E-state index contributed by atoms with van der Waals surface area (Å²) in [5.74, 6) is 0.312. The van der Waals surface area contributed by atoms with Gasteiger partial charge >= 0.3 is 0 Å². The number of benzene rings is 2. The Kier molecular flexibility index (Phi) is 5.62. The van der Waals surface area contributed by atoms with Crippen LogP contribution in [-0.2, 0) is 24.2 Å². The summed E-state index contributed by atoms with van der Waals surface area (Å²) >= 11 is 1.64. The van der Waals surface area contributed by atoms with Crippen molar-refractivity contribution >= 4 is 33.1 Å². The van der Waals surface area contributed by atoms with E-state index in [1.165, 1.54) is 4.88 Å². The zero-order valence-electron chi connectivity index (χ0n) is 19.2. The van der Waals surface area contributed by atoms with Gasteiger partial charge in [0.15, 0.2) is 0 Å². The van der Waals surface area contributed by atoms with Gasteiger partial charge in [-0.15, -0.1) is 11.3 Å².